The molecule has 0 aliphatic carbocycles. The normalized spacial score (nSPS) is 12.4. The quantitative estimate of drug-likeness (QED) is 0.249. The molecule has 3 aromatic rings. The Labute approximate surface area is 195 Å². The highest BCUT2D eigenvalue weighted by atomic mass is 28.4. The largest absolute Gasteiger partial charge is 0.544 e. The highest BCUT2D eigenvalue weighted by Gasteiger charge is 2.18. The van der Waals surface area contributed by atoms with E-state index in [1.54, 1.807) is 0 Å². The van der Waals surface area contributed by atoms with Crippen molar-refractivity contribution in [1.82, 2.24) is 0 Å². The summed E-state index contributed by atoms with van der Waals surface area (Å²) in [7, 11) is -3.30. The highest BCUT2D eigenvalue weighted by Crippen LogP contribution is 2.25. The number of hydrogen-bond donors (Lipinski definition) is 0. The van der Waals surface area contributed by atoms with Crippen LogP contribution >= 0.6 is 0 Å². The molecule has 0 spiro atoms. The molecule has 0 saturated heterocycles. The molecular weight excluding hydrogens is 424 g/mol. The van der Waals surface area contributed by atoms with E-state index in [9.17, 15) is 0 Å². The first-order chi connectivity index (χ1) is 15.1. The molecule has 0 aliphatic heterocycles. The second kappa shape index (κ2) is 10.2. The van der Waals surface area contributed by atoms with Gasteiger partial charge in [0.2, 0.25) is 16.6 Å². The molecule has 0 saturated carbocycles. The molecule has 166 valence electrons. The first-order valence-corrected chi connectivity index (χ1v) is 17.9. The molecule has 2 nitrogen and oxygen atoms in total. The Morgan fingerprint density at radius 1 is 0.469 bits per heavy atom. The predicted molar refractivity (Wildman–Crippen MR) is 145 cm³/mol. The van der Waals surface area contributed by atoms with Crippen molar-refractivity contribution >= 4 is 40.9 Å². The van der Waals surface area contributed by atoms with Gasteiger partial charge in [-0.05, 0) is 62.5 Å². The fraction of sp³-hybridized carbons (Fsp3) is 0.214. The monoisotopic (exact) mass is 458 g/mol. The van der Waals surface area contributed by atoms with Crippen molar-refractivity contribution in [2.45, 2.75) is 39.3 Å². The lowest BCUT2D eigenvalue weighted by Gasteiger charge is -2.20. The van der Waals surface area contributed by atoms with Crippen LogP contribution in [-0.4, -0.2) is 16.6 Å². The third kappa shape index (κ3) is 7.70. The van der Waals surface area contributed by atoms with Crippen LogP contribution in [0.25, 0.3) is 24.3 Å². The van der Waals surface area contributed by atoms with Gasteiger partial charge in [0.25, 0.3) is 0 Å². The van der Waals surface area contributed by atoms with Gasteiger partial charge in [-0.3, -0.25) is 0 Å². The minimum atomic E-state index is -1.65. The summed E-state index contributed by atoms with van der Waals surface area (Å²) in [5, 5.41) is 0. The second-order valence-electron chi connectivity index (χ2n) is 9.84. The van der Waals surface area contributed by atoms with Crippen LogP contribution in [-0.2, 0) is 0 Å². The topological polar surface area (TPSA) is 18.5 Å². The molecule has 0 heterocycles. The maximum absolute atomic E-state index is 6.22. The van der Waals surface area contributed by atoms with Crippen molar-refractivity contribution in [2.24, 2.45) is 0 Å². The number of benzene rings is 3. The summed E-state index contributed by atoms with van der Waals surface area (Å²) in [5.41, 5.74) is 4.54. The van der Waals surface area contributed by atoms with Gasteiger partial charge < -0.3 is 8.85 Å². The van der Waals surface area contributed by atoms with E-state index in [-0.39, 0.29) is 0 Å². The van der Waals surface area contributed by atoms with E-state index in [0.29, 0.717) is 0 Å². The molecule has 0 radical (unpaired) electrons. The molecule has 0 amide bonds. The number of hydrogen-bond acceptors (Lipinski definition) is 2. The van der Waals surface area contributed by atoms with E-state index in [4.69, 9.17) is 8.85 Å². The SMILES string of the molecule is C[Si](C)(C)Oc1ccccc1/C=C/c1ccc(/C=C/c2ccccc2O[Si](C)(C)C)cc1. The van der Waals surface area contributed by atoms with Crippen LogP contribution < -0.4 is 8.85 Å². The number of rotatable bonds is 8. The minimum Gasteiger partial charge on any atom is -0.544 e. The third-order valence-corrected chi connectivity index (χ3v) is 6.18. The Balaban J connectivity index is 1.72. The summed E-state index contributed by atoms with van der Waals surface area (Å²) in [4.78, 5) is 0. The van der Waals surface area contributed by atoms with E-state index in [0.717, 1.165) is 33.8 Å². The van der Waals surface area contributed by atoms with Crippen LogP contribution in [0.2, 0.25) is 39.3 Å². The van der Waals surface area contributed by atoms with E-state index in [1.807, 2.05) is 24.3 Å². The van der Waals surface area contributed by atoms with Crippen LogP contribution in [0.5, 0.6) is 11.5 Å². The second-order valence-corrected chi connectivity index (χ2v) is 18.7. The molecule has 3 aromatic carbocycles. The minimum absolute atomic E-state index is 0.960. The van der Waals surface area contributed by atoms with Crippen LogP contribution in [0, 0.1) is 0 Å². The van der Waals surface area contributed by atoms with Gasteiger partial charge in [0, 0.05) is 11.1 Å². The molecule has 32 heavy (non-hydrogen) atoms. The summed E-state index contributed by atoms with van der Waals surface area (Å²) < 4.78 is 12.4. The Kier molecular flexibility index (Phi) is 7.59. The Morgan fingerprint density at radius 2 is 0.812 bits per heavy atom. The molecule has 0 aliphatic rings. The molecule has 0 bridgehead atoms. The van der Waals surface area contributed by atoms with Crippen LogP contribution in [0.1, 0.15) is 22.3 Å². The smallest absolute Gasteiger partial charge is 0.242 e. The lowest BCUT2D eigenvalue weighted by molar-refractivity contribution is 0.556. The number of para-hydroxylation sites is 2. The van der Waals surface area contributed by atoms with Crippen molar-refractivity contribution in [3.8, 4) is 11.5 Å². The van der Waals surface area contributed by atoms with Gasteiger partial charge in [-0.25, -0.2) is 0 Å². The van der Waals surface area contributed by atoms with Crippen molar-refractivity contribution in [2.75, 3.05) is 0 Å². The van der Waals surface area contributed by atoms with Gasteiger partial charge in [-0.1, -0.05) is 85.0 Å². The van der Waals surface area contributed by atoms with Crippen LogP contribution in [0.3, 0.4) is 0 Å². The van der Waals surface area contributed by atoms with Crippen LogP contribution in [0.4, 0.5) is 0 Å². The zero-order valence-corrected chi connectivity index (χ0v) is 22.1. The van der Waals surface area contributed by atoms with E-state index in [2.05, 4.69) is 112 Å². The maximum atomic E-state index is 6.22. The van der Waals surface area contributed by atoms with Gasteiger partial charge in [-0.2, -0.15) is 0 Å². The predicted octanol–water partition coefficient (Wildman–Crippen LogP) is 8.45. The standard InChI is InChI=1S/C28H34O2Si2/c1-31(2,3)29-27-13-9-7-11-25(27)21-19-23-15-17-24(18-16-23)20-22-26-12-8-10-14-28(26)30-32(4,5)6/h7-22H,1-6H3/b21-19+,22-20+. The molecule has 0 aromatic heterocycles. The summed E-state index contributed by atoms with van der Waals surface area (Å²) in [6, 6.07) is 25.0. The lowest BCUT2D eigenvalue weighted by Crippen LogP contribution is -2.29. The molecule has 0 unspecified atom stereocenters. The first kappa shape index (κ1) is 23.8. The molecule has 3 rings (SSSR count). The molecule has 0 fully saturated rings. The third-order valence-electron chi connectivity index (χ3n) is 4.52. The van der Waals surface area contributed by atoms with E-state index < -0.39 is 16.6 Å². The molecular formula is C28H34O2Si2. The zero-order valence-electron chi connectivity index (χ0n) is 20.1. The summed E-state index contributed by atoms with van der Waals surface area (Å²) in [6.07, 6.45) is 8.53. The summed E-state index contributed by atoms with van der Waals surface area (Å²) in [5.74, 6) is 1.92. The Bertz CT molecular complexity index is 997. The van der Waals surface area contributed by atoms with Crippen molar-refractivity contribution in [3.05, 3.63) is 95.1 Å². The van der Waals surface area contributed by atoms with Gasteiger partial charge >= 0.3 is 0 Å². The van der Waals surface area contributed by atoms with Gasteiger partial charge in [-0.15, -0.1) is 0 Å². The Hall–Kier alpha value is -2.83. The van der Waals surface area contributed by atoms with Gasteiger partial charge in [0.1, 0.15) is 11.5 Å². The Morgan fingerprint density at radius 3 is 1.16 bits per heavy atom. The average molecular weight is 459 g/mol. The fourth-order valence-electron chi connectivity index (χ4n) is 3.17. The van der Waals surface area contributed by atoms with Crippen molar-refractivity contribution in [1.29, 1.82) is 0 Å². The van der Waals surface area contributed by atoms with Gasteiger partial charge in [0.15, 0.2) is 0 Å². The first-order valence-electron chi connectivity index (χ1n) is 11.1. The molecule has 0 N–H and O–H groups in total. The lowest BCUT2D eigenvalue weighted by atomic mass is 10.1. The van der Waals surface area contributed by atoms with Crippen LogP contribution in [0.15, 0.2) is 72.8 Å². The highest BCUT2D eigenvalue weighted by molar-refractivity contribution is 6.70. The molecule has 4 heteroatoms. The summed E-state index contributed by atoms with van der Waals surface area (Å²) in [6.45, 7) is 13.2. The van der Waals surface area contributed by atoms with Crippen molar-refractivity contribution in [3.63, 3.8) is 0 Å². The molecule has 0 atom stereocenters. The summed E-state index contributed by atoms with van der Waals surface area (Å²) >= 11 is 0. The van der Waals surface area contributed by atoms with E-state index >= 15 is 0 Å². The van der Waals surface area contributed by atoms with E-state index in [1.165, 1.54) is 0 Å². The maximum Gasteiger partial charge on any atom is 0.242 e. The average Bonchev–Trinajstić information content (AvgIpc) is 2.71. The fourth-order valence-corrected chi connectivity index (χ4v) is 4.86. The zero-order chi connectivity index (χ0) is 23.2. The van der Waals surface area contributed by atoms with Crippen molar-refractivity contribution < 1.29 is 8.85 Å². The van der Waals surface area contributed by atoms with Gasteiger partial charge in [0.05, 0.1) is 0 Å².